The number of hydrogen-bond donors (Lipinski definition) is 1. The van der Waals surface area contributed by atoms with Gasteiger partial charge in [0.25, 0.3) is 0 Å². The third-order valence-electron chi connectivity index (χ3n) is 6.75. The second-order valence-corrected chi connectivity index (χ2v) is 8.99. The Bertz CT molecular complexity index is 564. The normalized spacial score (nSPS) is 39.9. The number of rotatable bonds is 4. The van der Waals surface area contributed by atoms with Gasteiger partial charge in [0.2, 0.25) is 0 Å². The van der Waals surface area contributed by atoms with Gasteiger partial charge in [-0.25, -0.2) is 0 Å². The molecule has 1 nitrogen and oxygen atoms in total. The maximum Gasteiger partial charge on any atom is 0.0787 e. The molecule has 126 valence electrons. The summed E-state index contributed by atoms with van der Waals surface area (Å²) in [6.07, 6.45) is 7.56. The molecule has 0 aromatic heterocycles. The summed E-state index contributed by atoms with van der Waals surface area (Å²) < 4.78 is 0. The van der Waals surface area contributed by atoms with E-state index in [4.69, 9.17) is 18.0 Å². The summed E-state index contributed by atoms with van der Waals surface area (Å²) in [7, 11) is 0. The number of hydrogen-bond acceptors (Lipinski definition) is 1. The Morgan fingerprint density at radius 1 is 1.22 bits per heavy atom. The maximum absolute atomic E-state index is 6.23. The molecule has 2 saturated carbocycles. The minimum absolute atomic E-state index is 0.0141. The molecule has 0 radical (unpaired) electrons. The van der Waals surface area contributed by atoms with Crippen molar-refractivity contribution in [2.24, 2.45) is 28.9 Å². The van der Waals surface area contributed by atoms with Crippen molar-refractivity contribution in [1.82, 2.24) is 0 Å². The summed E-state index contributed by atoms with van der Waals surface area (Å²) in [5.41, 5.74) is 8.02. The molecule has 23 heavy (non-hydrogen) atoms. The second kappa shape index (κ2) is 6.20. The van der Waals surface area contributed by atoms with Crippen molar-refractivity contribution in [2.45, 2.75) is 64.7 Å². The average molecular weight is 330 g/mol. The summed E-state index contributed by atoms with van der Waals surface area (Å²) >= 11 is 5.52. The van der Waals surface area contributed by atoms with Gasteiger partial charge in [0.1, 0.15) is 0 Å². The van der Waals surface area contributed by atoms with Gasteiger partial charge in [-0.15, -0.1) is 0 Å². The second-order valence-electron chi connectivity index (χ2n) is 8.55. The monoisotopic (exact) mass is 329 g/mol. The van der Waals surface area contributed by atoms with Crippen LogP contribution in [0.2, 0.25) is 0 Å². The molecule has 1 aromatic carbocycles. The highest BCUT2D eigenvalue weighted by molar-refractivity contribution is 7.80. The molecule has 0 heterocycles. The third-order valence-corrected chi connectivity index (χ3v) is 7.24. The first kappa shape index (κ1) is 17.0. The SMILES string of the molecule is CCCC1C(C)CC2(c3ccccc3)CC1CC(C)(C(N)=S)C2. The van der Waals surface area contributed by atoms with E-state index in [-0.39, 0.29) is 10.8 Å². The molecule has 2 N–H and O–H groups in total. The van der Waals surface area contributed by atoms with Gasteiger partial charge in [-0.3, -0.25) is 0 Å². The number of nitrogens with two attached hydrogens (primary N) is 1. The Morgan fingerprint density at radius 2 is 1.91 bits per heavy atom. The lowest BCUT2D eigenvalue weighted by atomic mass is 9.47. The molecule has 2 heteroatoms. The van der Waals surface area contributed by atoms with E-state index in [1.165, 1.54) is 37.7 Å². The quantitative estimate of drug-likeness (QED) is 0.741. The van der Waals surface area contributed by atoms with Gasteiger partial charge in [0.05, 0.1) is 4.99 Å². The molecule has 3 rings (SSSR count). The predicted molar refractivity (Wildman–Crippen MR) is 103 cm³/mol. The summed E-state index contributed by atoms with van der Waals surface area (Å²) in [4.78, 5) is 0.729. The smallest absolute Gasteiger partial charge is 0.0787 e. The molecule has 1 aromatic rings. The van der Waals surface area contributed by atoms with Gasteiger partial charge in [0.15, 0.2) is 0 Å². The first-order chi connectivity index (χ1) is 10.9. The van der Waals surface area contributed by atoms with Gasteiger partial charge in [0, 0.05) is 5.41 Å². The zero-order valence-corrected chi connectivity index (χ0v) is 15.7. The molecule has 0 amide bonds. The zero-order valence-electron chi connectivity index (χ0n) is 14.8. The number of fused-ring (bicyclic) bond motifs is 2. The van der Waals surface area contributed by atoms with Crippen molar-refractivity contribution < 1.29 is 0 Å². The van der Waals surface area contributed by atoms with Crippen LogP contribution in [0.3, 0.4) is 0 Å². The van der Waals surface area contributed by atoms with E-state index in [0.717, 1.165) is 29.2 Å². The summed E-state index contributed by atoms with van der Waals surface area (Å²) in [5.74, 6) is 2.40. The molecule has 0 spiro atoms. The predicted octanol–water partition coefficient (Wildman–Crippen LogP) is 5.47. The Balaban J connectivity index is 2.03. The lowest BCUT2D eigenvalue weighted by Crippen LogP contribution is -2.53. The van der Waals surface area contributed by atoms with E-state index < -0.39 is 0 Å². The van der Waals surface area contributed by atoms with E-state index in [0.29, 0.717) is 0 Å². The third kappa shape index (κ3) is 2.95. The summed E-state index contributed by atoms with van der Waals surface area (Å²) in [6, 6.07) is 11.2. The minimum Gasteiger partial charge on any atom is -0.393 e. The Morgan fingerprint density at radius 3 is 2.52 bits per heavy atom. The van der Waals surface area contributed by atoms with Crippen LogP contribution in [0.4, 0.5) is 0 Å². The molecular weight excluding hydrogens is 298 g/mol. The first-order valence-corrected chi connectivity index (χ1v) is 9.66. The fourth-order valence-corrected chi connectivity index (χ4v) is 6.06. The molecule has 2 fully saturated rings. The summed E-state index contributed by atoms with van der Waals surface area (Å²) in [6.45, 7) is 7.12. The standard InChI is InChI=1S/C21H31NS/c1-4-8-18-15(2)11-21(17-9-6-5-7-10-17)13-16(18)12-20(3,14-21)19(22)23/h5-7,9-10,15-16,18H,4,8,11-14H2,1-3H3,(H2,22,23). The fraction of sp³-hybridized carbons (Fsp3) is 0.667. The largest absolute Gasteiger partial charge is 0.393 e. The highest BCUT2D eigenvalue weighted by Gasteiger charge is 2.54. The van der Waals surface area contributed by atoms with Crippen molar-refractivity contribution in [3.63, 3.8) is 0 Å². The van der Waals surface area contributed by atoms with Crippen molar-refractivity contribution in [2.75, 3.05) is 0 Å². The first-order valence-electron chi connectivity index (χ1n) is 9.26. The van der Waals surface area contributed by atoms with Crippen LogP contribution in [0.5, 0.6) is 0 Å². The van der Waals surface area contributed by atoms with Gasteiger partial charge < -0.3 is 5.73 Å². The maximum atomic E-state index is 6.23. The van der Waals surface area contributed by atoms with E-state index in [9.17, 15) is 0 Å². The minimum atomic E-state index is 0.0141. The van der Waals surface area contributed by atoms with Crippen LogP contribution in [0.15, 0.2) is 30.3 Å². The lowest BCUT2D eigenvalue weighted by Gasteiger charge is -2.57. The van der Waals surface area contributed by atoms with Crippen molar-refractivity contribution in [3.05, 3.63) is 35.9 Å². The van der Waals surface area contributed by atoms with Crippen molar-refractivity contribution in [1.29, 1.82) is 0 Å². The van der Waals surface area contributed by atoms with E-state index in [1.807, 2.05) is 0 Å². The van der Waals surface area contributed by atoms with Gasteiger partial charge in [-0.2, -0.15) is 0 Å². The topological polar surface area (TPSA) is 26.0 Å². The molecule has 2 bridgehead atoms. The van der Waals surface area contributed by atoms with Crippen LogP contribution >= 0.6 is 12.2 Å². The molecule has 0 aliphatic heterocycles. The van der Waals surface area contributed by atoms with Gasteiger partial charge in [-0.05, 0) is 54.4 Å². The highest BCUT2D eigenvalue weighted by atomic mass is 32.1. The van der Waals surface area contributed by atoms with Crippen LogP contribution in [0.1, 0.15) is 64.9 Å². The van der Waals surface area contributed by atoms with Crippen LogP contribution in [-0.2, 0) is 5.41 Å². The van der Waals surface area contributed by atoms with E-state index >= 15 is 0 Å². The average Bonchev–Trinajstić information content (AvgIpc) is 2.51. The Labute approximate surface area is 147 Å². The van der Waals surface area contributed by atoms with Crippen molar-refractivity contribution in [3.8, 4) is 0 Å². The molecule has 2 aliphatic rings. The summed E-state index contributed by atoms with van der Waals surface area (Å²) in [5, 5.41) is 0. The molecule has 5 unspecified atom stereocenters. The lowest BCUT2D eigenvalue weighted by molar-refractivity contribution is 0.000575. The van der Waals surface area contributed by atoms with Crippen LogP contribution in [0, 0.1) is 23.2 Å². The molecule has 2 aliphatic carbocycles. The van der Waals surface area contributed by atoms with E-state index in [1.54, 1.807) is 0 Å². The van der Waals surface area contributed by atoms with Gasteiger partial charge >= 0.3 is 0 Å². The van der Waals surface area contributed by atoms with E-state index in [2.05, 4.69) is 51.1 Å². The Hall–Kier alpha value is -0.890. The molecule has 5 atom stereocenters. The number of thiocarbonyl (C=S) groups is 1. The van der Waals surface area contributed by atoms with Crippen LogP contribution < -0.4 is 5.73 Å². The zero-order chi connectivity index (χ0) is 16.7. The van der Waals surface area contributed by atoms with Crippen LogP contribution in [0.25, 0.3) is 0 Å². The Kier molecular flexibility index (Phi) is 4.57. The van der Waals surface area contributed by atoms with Gasteiger partial charge in [-0.1, -0.05) is 76.2 Å². The highest BCUT2D eigenvalue weighted by Crippen LogP contribution is 2.60. The molecule has 0 saturated heterocycles. The molecular formula is C21H31NS. The van der Waals surface area contributed by atoms with Crippen LogP contribution in [-0.4, -0.2) is 4.99 Å². The fourth-order valence-electron chi connectivity index (χ4n) is 5.91. The van der Waals surface area contributed by atoms with Crippen molar-refractivity contribution >= 4 is 17.2 Å². The number of benzene rings is 1.